The van der Waals surface area contributed by atoms with Crippen LogP contribution in [0.25, 0.3) is 0 Å². The molecule has 8 heteroatoms. The fourth-order valence-corrected chi connectivity index (χ4v) is 2.79. The van der Waals surface area contributed by atoms with E-state index in [2.05, 4.69) is 10.5 Å². The molecule has 3 rings (SSSR count). The molecule has 1 aliphatic rings. The Kier molecular flexibility index (Phi) is 5.16. The number of benzene rings is 2. The molecule has 1 unspecified atom stereocenters. The van der Waals surface area contributed by atoms with Crippen molar-refractivity contribution in [2.24, 2.45) is 5.16 Å². The summed E-state index contributed by atoms with van der Waals surface area (Å²) in [5, 5.41) is 14.1. The van der Waals surface area contributed by atoms with E-state index in [0.29, 0.717) is 23.4 Å². The Hall–Kier alpha value is -3.68. The molecule has 1 aliphatic heterocycles. The number of hydrogen-bond donors (Lipinski definition) is 2. The molecule has 8 nitrogen and oxygen atoms in total. The number of carbonyl (C=O) groups excluding carboxylic acids is 3. The van der Waals surface area contributed by atoms with E-state index in [1.54, 1.807) is 48.5 Å². The fraction of sp³-hybridized carbons (Fsp3) is 0.158. The number of amides is 3. The number of nitrogens with zero attached hydrogens (tertiary/aromatic N) is 2. The van der Waals surface area contributed by atoms with Gasteiger partial charge in [-0.25, -0.2) is 9.69 Å². The maximum Gasteiger partial charge on any atom is 0.329 e. The van der Waals surface area contributed by atoms with Crippen LogP contribution in [-0.4, -0.2) is 35.4 Å². The minimum absolute atomic E-state index is 0.316. The van der Waals surface area contributed by atoms with Crippen molar-refractivity contribution in [1.29, 1.82) is 0 Å². The summed E-state index contributed by atoms with van der Waals surface area (Å²) < 4.78 is 4.97. The van der Waals surface area contributed by atoms with Gasteiger partial charge in [-0.1, -0.05) is 29.4 Å². The Labute approximate surface area is 155 Å². The number of carbonyl (C=O) groups is 3. The van der Waals surface area contributed by atoms with Crippen LogP contribution in [-0.2, 0) is 16.0 Å². The highest BCUT2D eigenvalue weighted by Crippen LogP contribution is 2.22. The summed E-state index contributed by atoms with van der Waals surface area (Å²) in [7, 11) is 0. The van der Waals surface area contributed by atoms with Gasteiger partial charge in [0.2, 0.25) is 0 Å². The highest BCUT2D eigenvalue weighted by atomic mass is 16.5. The zero-order chi connectivity index (χ0) is 19.4. The second-order valence-corrected chi connectivity index (χ2v) is 5.95. The largest absolute Gasteiger partial charge is 0.427 e. The molecule has 0 bridgehead atoms. The average Bonchev–Trinajstić information content (AvgIpc) is 2.91. The van der Waals surface area contributed by atoms with Crippen LogP contribution in [0.3, 0.4) is 0 Å². The lowest BCUT2D eigenvalue weighted by Gasteiger charge is -2.13. The lowest BCUT2D eigenvalue weighted by Crippen LogP contribution is -2.32. The van der Waals surface area contributed by atoms with Crippen LogP contribution in [0, 0.1) is 0 Å². The van der Waals surface area contributed by atoms with E-state index in [9.17, 15) is 14.4 Å². The van der Waals surface area contributed by atoms with E-state index in [-0.39, 0.29) is 5.91 Å². The van der Waals surface area contributed by atoms with Crippen LogP contribution in [0.4, 0.5) is 10.5 Å². The van der Waals surface area contributed by atoms with Gasteiger partial charge in [0, 0.05) is 13.3 Å². The molecule has 1 heterocycles. The molecule has 0 aromatic heterocycles. The molecule has 1 atom stereocenters. The zero-order valence-corrected chi connectivity index (χ0v) is 14.5. The highest BCUT2D eigenvalue weighted by Gasteiger charge is 2.38. The minimum Gasteiger partial charge on any atom is -0.427 e. The SMILES string of the molecule is CC(=O)Oc1ccc(CC2NC(=O)N(c3ccc(C=NO)cc3)C2=O)cc1. The zero-order valence-electron chi connectivity index (χ0n) is 14.5. The number of nitrogens with one attached hydrogen (secondary N) is 1. The van der Waals surface area contributed by atoms with Crippen LogP contribution >= 0.6 is 0 Å². The first-order valence-corrected chi connectivity index (χ1v) is 8.17. The highest BCUT2D eigenvalue weighted by molar-refractivity contribution is 6.21. The molecule has 138 valence electrons. The van der Waals surface area contributed by atoms with Gasteiger partial charge in [-0.15, -0.1) is 0 Å². The number of imide groups is 1. The van der Waals surface area contributed by atoms with Crippen molar-refractivity contribution in [2.45, 2.75) is 19.4 Å². The van der Waals surface area contributed by atoms with E-state index >= 15 is 0 Å². The molecule has 2 aromatic rings. The third-order valence-corrected chi connectivity index (χ3v) is 4.00. The van der Waals surface area contributed by atoms with Gasteiger partial charge in [0.1, 0.15) is 11.8 Å². The first-order valence-electron chi connectivity index (χ1n) is 8.17. The van der Waals surface area contributed by atoms with Gasteiger partial charge in [0.25, 0.3) is 5.91 Å². The predicted molar refractivity (Wildman–Crippen MR) is 97.1 cm³/mol. The summed E-state index contributed by atoms with van der Waals surface area (Å²) in [5.74, 6) is -0.346. The van der Waals surface area contributed by atoms with E-state index in [1.807, 2.05) is 0 Å². The number of rotatable bonds is 5. The van der Waals surface area contributed by atoms with E-state index in [4.69, 9.17) is 9.94 Å². The lowest BCUT2D eigenvalue weighted by atomic mass is 10.1. The second-order valence-electron chi connectivity index (χ2n) is 5.95. The summed E-state index contributed by atoms with van der Waals surface area (Å²) in [6, 6.07) is 12.0. The van der Waals surface area contributed by atoms with E-state index in [0.717, 1.165) is 10.5 Å². The Morgan fingerprint density at radius 1 is 1.19 bits per heavy atom. The molecule has 27 heavy (non-hydrogen) atoms. The quantitative estimate of drug-likeness (QED) is 0.210. The smallest absolute Gasteiger partial charge is 0.329 e. The topological polar surface area (TPSA) is 108 Å². The van der Waals surface area contributed by atoms with Crippen LogP contribution in [0.1, 0.15) is 18.1 Å². The third-order valence-electron chi connectivity index (χ3n) is 4.00. The Bertz CT molecular complexity index is 891. The maximum atomic E-state index is 12.7. The molecule has 1 fully saturated rings. The van der Waals surface area contributed by atoms with Crippen molar-refractivity contribution in [3.05, 3.63) is 59.7 Å². The number of oxime groups is 1. The molecule has 0 radical (unpaired) electrons. The number of anilines is 1. The number of ether oxygens (including phenoxy) is 1. The monoisotopic (exact) mass is 367 g/mol. The number of urea groups is 1. The fourth-order valence-electron chi connectivity index (χ4n) is 2.79. The standard InChI is InChI=1S/C19H17N3O5/c1-12(23)27-16-8-4-13(5-9-16)10-17-18(24)22(19(25)21-17)15-6-2-14(3-7-15)11-20-26/h2-9,11,17,26H,10H2,1H3,(H,21,25). The van der Waals surface area contributed by atoms with E-state index in [1.165, 1.54) is 13.1 Å². The van der Waals surface area contributed by atoms with Gasteiger partial charge in [0.05, 0.1) is 11.9 Å². The summed E-state index contributed by atoms with van der Waals surface area (Å²) in [6.45, 7) is 1.32. The molecule has 1 saturated heterocycles. The molecule has 0 saturated carbocycles. The van der Waals surface area contributed by atoms with Crippen LogP contribution < -0.4 is 15.0 Å². The van der Waals surface area contributed by atoms with Crippen molar-refractivity contribution < 1.29 is 24.3 Å². The average molecular weight is 367 g/mol. The second kappa shape index (κ2) is 7.69. The molecule has 3 amide bonds. The first kappa shape index (κ1) is 18.1. The van der Waals surface area contributed by atoms with Crippen molar-refractivity contribution >= 4 is 29.8 Å². The van der Waals surface area contributed by atoms with Gasteiger partial charge in [0.15, 0.2) is 0 Å². The van der Waals surface area contributed by atoms with Crippen LogP contribution in [0.5, 0.6) is 5.75 Å². The van der Waals surface area contributed by atoms with E-state index < -0.39 is 18.0 Å². The Morgan fingerprint density at radius 3 is 2.44 bits per heavy atom. The lowest BCUT2D eigenvalue weighted by molar-refractivity contribution is -0.131. The molecule has 0 spiro atoms. The minimum atomic E-state index is -0.684. The number of hydrogen-bond acceptors (Lipinski definition) is 6. The van der Waals surface area contributed by atoms with Gasteiger partial charge in [-0.2, -0.15) is 0 Å². The summed E-state index contributed by atoms with van der Waals surface area (Å²) >= 11 is 0. The summed E-state index contributed by atoms with van der Waals surface area (Å²) in [4.78, 5) is 36.9. The van der Waals surface area contributed by atoms with Crippen LogP contribution in [0.2, 0.25) is 0 Å². The third kappa shape index (κ3) is 4.12. The van der Waals surface area contributed by atoms with Gasteiger partial charge in [-0.3, -0.25) is 9.59 Å². The summed E-state index contributed by atoms with van der Waals surface area (Å²) in [6.07, 6.45) is 1.56. The Morgan fingerprint density at radius 2 is 1.85 bits per heavy atom. The molecule has 2 aromatic carbocycles. The van der Waals surface area contributed by atoms with Gasteiger partial charge >= 0.3 is 12.0 Å². The number of esters is 1. The predicted octanol–water partition coefficient (Wildman–Crippen LogP) is 2.09. The molecular weight excluding hydrogens is 350 g/mol. The first-order chi connectivity index (χ1) is 13.0. The van der Waals surface area contributed by atoms with Gasteiger partial charge < -0.3 is 15.3 Å². The normalized spacial score (nSPS) is 16.6. The van der Waals surface area contributed by atoms with Crippen molar-refractivity contribution in [1.82, 2.24) is 5.32 Å². The van der Waals surface area contributed by atoms with Crippen molar-refractivity contribution in [2.75, 3.05) is 4.90 Å². The molecule has 2 N–H and O–H groups in total. The Balaban J connectivity index is 1.71. The maximum absolute atomic E-state index is 12.7. The molecular formula is C19H17N3O5. The van der Waals surface area contributed by atoms with Crippen molar-refractivity contribution in [3.8, 4) is 5.75 Å². The van der Waals surface area contributed by atoms with Gasteiger partial charge in [-0.05, 0) is 35.4 Å². The van der Waals surface area contributed by atoms with Crippen molar-refractivity contribution in [3.63, 3.8) is 0 Å². The molecule has 0 aliphatic carbocycles. The van der Waals surface area contributed by atoms with Crippen LogP contribution in [0.15, 0.2) is 53.7 Å². The summed E-state index contributed by atoms with van der Waals surface area (Å²) in [5.41, 5.74) is 1.89.